The Bertz CT molecular complexity index is 833. The lowest BCUT2D eigenvalue weighted by Crippen LogP contribution is -2.51. The third-order valence-corrected chi connectivity index (χ3v) is 5.34. The van der Waals surface area contributed by atoms with Crippen molar-refractivity contribution >= 4 is 16.9 Å². The Morgan fingerprint density at radius 1 is 1.15 bits per heavy atom. The van der Waals surface area contributed by atoms with Crippen LogP contribution in [0.3, 0.4) is 0 Å². The van der Waals surface area contributed by atoms with Crippen molar-refractivity contribution in [3.05, 3.63) is 34.7 Å². The Kier molecular flexibility index (Phi) is 6.34. The smallest absolute Gasteiger partial charge is 0.329 e. The summed E-state index contributed by atoms with van der Waals surface area (Å²) >= 11 is 0. The molecule has 3 rings (SSSR count). The maximum absolute atomic E-state index is 12.7. The van der Waals surface area contributed by atoms with Crippen molar-refractivity contribution in [2.45, 2.75) is 39.9 Å². The Morgan fingerprint density at radius 3 is 2.37 bits per heavy atom. The molecule has 1 aromatic heterocycles. The summed E-state index contributed by atoms with van der Waals surface area (Å²) in [5.74, 6) is 0.295. The molecule has 0 spiro atoms. The molecule has 27 heavy (non-hydrogen) atoms. The highest BCUT2D eigenvalue weighted by Crippen LogP contribution is 2.14. The number of amides is 1. The number of carbonyl (C=O) groups is 1. The van der Waals surface area contributed by atoms with Gasteiger partial charge < -0.3 is 10.1 Å². The van der Waals surface area contributed by atoms with Crippen LogP contribution in [0.4, 0.5) is 0 Å². The number of aryl methyl sites for hydroxylation is 1. The lowest BCUT2D eigenvalue weighted by atomic mass is 10.0. The molecule has 0 aliphatic carbocycles. The molecule has 0 bridgehead atoms. The minimum atomic E-state index is -0.137. The number of carbonyl (C=O) groups excluding carboxylic acids is 1. The van der Waals surface area contributed by atoms with Crippen molar-refractivity contribution in [1.82, 2.24) is 19.4 Å². The molecule has 1 amide bonds. The normalized spacial score (nSPS) is 16.7. The summed E-state index contributed by atoms with van der Waals surface area (Å²) in [6, 6.07) is 7.88. The molecule has 2 heterocycles. The Morgan fingerprint density at radius 2 is 1.78 bits per heavy atom. The van der Waals surface area contributed by atoms with Crippen molar-refractivity contribution in [3.63, 3.8) is 0 Å². The summed E-state index contributed by atoms with van der Waals surface area (Å²) in [4.78, 5) is 27.6. The van der Waals surface area contributed by atoms with Crippen LogP contribution in [-0.4, -0.2) is 58.8 Å². The fourth-order valence-corrected chi connectivity index (χ4v) is 3.84. The monoisotopic (exact) mass is 374 g/mol. The van der Waals surface area contributed by atoms with Crippen LogP contribution in [0.1, 0.15) is 20.8 Å². The summed E-state index contributed by atoms with van der Waals surface area (Å²) < 4.78 is 8.70. The van der Waals surface area contributed by atoms with Gasteiger partial charge in [-0.2, -0.15) is 0 Å². The maximum Gasteiger partial charge on any atom is 0.329 e. The first kappa shape index (κ1) is 19.6. The highest BCUT2D eigenvalue weighted by molar-refractivity contribution is 5.80. The van der Waals surface area contributed by atoms with Gasteiger partial charge in [0.2, 0.25) is 5.91 Å². The van der Waals surface area contributed by atoms with Crippen molar-refractivity contribution in [1.29, 1.82) is 0 Å². The van der Waals surface area contributed by atoms with E-state index in [4.69, 9.17) is 4.74 Å². The van der Waals surface area contributed by atoms with Gasteiger partial charge in [-0.3, -0.25) is 18.8 Å². The van der Waals surface area contributed by atoms with Crippen LogP contribution in [0.15, 0.2) is 29.1 Å². The Labute approximate surface area is 159 Å². The second-order valence-electron chi connectivity index (χ2n) is 7.37. The SMILES string of the molecule is CCn1c(=O)n(CC(=O)NCC(C(C)C)N2CCOCC2)c2ccccc21. The summed E-state index contributed by atoms with van der Waals surface area (Å²) in [7, 11) is 0. The summed E-state index contributed by atoms with van der Waals surface area (Å²) in [5.41, 5.74) is 1.53. The van der Waals surface area contributed by atoms with Crippen LogP contribution in [0.25, 0.3) is 11.0 Å². The van der Waals surface area contributed by atoms with Crippen molar-refractivity contribution < 1.29 is 9.53 Å². The molecule has 7 nitrogen and oxygen atoms in total. The van der Waals surface area contributed by atoms with Gasteiger partial charge in [-0.1, -0.05) is 26.0 Å². The van der Waals surface area contributed by atoms with Gasteiger partial charge in [0.05, 0.1) is 24.2 Å². The predicted molar refractivity (Wildman–Crippen MR) is 106 cm³/mol. The zero-order valence-corrected chi connectivity index (χ0v) is 16.5. The number of imidazole rings is 1. The molecule has 148 valence electrons. The fourth-order valence-electron chi connectivity index (χ4n) is 3.84. The molecular weight excluding hydrogens is 344 g/mol. The van der Waals surface area contributed by atoms with Crippen LogP contribution in [-0.2, 0) is 22.6 Å². The molecule has 0 radical (unpaired) electrons. The number of rotatable bonds is 7. The largest absolute Gasteiger partial charge is 0.379 e. The summed E-state index contributed by atoms with van der Waals surface area (Å²) in [6.07, 6.45) is 0. The molecule has 1 fully saturated rings. The van der Waals surface area contributed by atoms with Gasteiger partial charge in [0.1, 0.15) is 6.54 Å². The van der Waals surface area contributed by atoms with Gasteiger partial charge in [0, 0.05) is 32.2 Å². The highest BCUT2D eigenvalue weighted by atomic mass is 16.5. The van der Waals surface area contributed by atoms with E-state index in [9.17, 15) is 9.59 Å². The molecule has 2 aromatic rings. The zero-order chi connectivity index (χ0) is 19.4. The lowest BCUT2D eigenvalue weighted by molar-refractivity contribution is -0.122. The maximum atomic E-state index is 12.7. The average Bonchev–Trinajstić information content (AvgIpc) is 2.94. The number of benzene rings is 1. The van der Waals surface area contributed by atoms with E-state index in [1.165, 1.54) is 0 Å². The van der Waals surface area contributed by atoms with E-state index in [0.29, 0.717) is 19.0 Å². The third-order valence-electron chi connectivity index (χ3n) is 5.34. The second-order valence-corrected chi connectivity index (χ2v) is 7.37. The summed E-state index contributed by atoms with van der Waals surface area (Å²) in [6.45, 7) is 10.7. The minimum absolute atomic E-state index is 0.0419. The molecule has 1 unspecified atom stereocenters. The number of morpholine rings is 1. The first-order chi connectivity index (χ1) is 13.0. The number of hydrogen-bond acceptors (Lipinski definition) is 4. The topological polar surface area (TPSA) is 68.5 Å². The lowest BCUT2D eigenvalue weighted by Gasteiger charge is -2.36. The van der Waals surface area contributed by atoms with Crippen LogP contribution < -0.4 is 11.0 Å². The molecule has 1 aliphatic heterocycles. The number of nitrogens with one attached hydrogen (secondary N) is 1. The first-order valence-electron chi connectivity index (χ1n) is 9.79. The van der Waals surface area contributed by atoms with E-state index in [0.717, 1.165) is 37.3 Å². The molecule has 0 saturated carbocycles. The van der Waals surface area contributed by atoms with Crippen LogP contribution >= 0.6 is 0 Å². The number of fused-ring (bicyclic) bond motifs is 1. The second kappa shape index (κ2) is 8.71. The van der Waals surface area contributed by atoms with Gasteiger partial charge in [0.15, 0.2) is 0 Å². The van der Waals surface area contributed by atoms with Gasteiger partial charge in [-0.05, 0) is 25.0 Å². The average molecular weight is 374 g/mol. The van der Waals surface area contributed by atoms with E-state index >= 15 is 0 Å². The quantitative estimate of drug-likeness (QED) is 0.793. The van der Waals surface area contributed by atoms with Crippen LogP contribution in [0.2, 0.25) is 0 Å². The first-order valence-corrected chi connectivity index (χ1v) is 9.79. The van der Waals surface area contributed by atoms with Gasteiger partial charge in [0.25, 0.3) is 0 Å². The van der Waals surface area contributed by atoms with Crippen molar-refractivity contribution in [3.8, 4) is 0 Å². The standard InChI is InChI=1S/C20H30N4O3/c1-4-23-16-7-5-6-8-17(16)24(20(23)26)14-19(25)21-13-18(15(2)3)22-9-11-27-12-10-22/h5-8,15,18H,4,9-14H2,1-3H3,(H,21,25). The molecule has 7 heteroatoms. The van der Waals surface area contributed by atoms with Crippen molar-refractivity contribution in [2.75, 3.05) is 32.8 Å². The molecule has 1 aromatic carbocycles. The van der Waals surface area contributed by atoms with Crippen molar-refractivity contribution in [2.24, 2.45) is 5.92 Å². The number of para-hydroxylation sites is 2. The van der Waals surface area contributed by atoms with E-state index in [2.05, 4.69) is 24.1 Å². The van der Waals surface area contributed by atoms with E-state index in [-0.39, 0.29) is 24.2 Å². The van der Waals surface area contributed by atoms with Crippen LogP contribution in [0.5, 0.6) is 0 Å². The van der Waals surface area contributed by atoms with Crippen LogP contribution in [0, 0.1) is 5.92 Å². The Balaban J connectivity index is 1.70. The molecule has 1 saturated heterocycles. The van der Waals surface area contributed by atoms with Gasteiger partial charge in [-0.15, -0.1) is 0 Å². The molecule has 1 aliphatic rings. The Hall–Kier alpha value is -2.12. The minimum Gasteiger partial charge on any atom is -0.379 e. The highest BCUT2D eigenvalue weighted by Gasteiger charge is 2.24. The number of nitrogens with zero attached hydrogens (tertiary/aromatic N) is 3. The number of aromatic nitrogens is 2. The van der Waals surface area contributed by atoms with E-state index in [1.54, 1.807) is 9.13 Å². The third kappa shape index (κ3) is 4.25. The predicted octanol–water partition coefficient (Wildman–Crippen LogP) is 1.30. The molecule has 1 N–H and O–H groups in total. The van der Waals surface area contributed by atoms with E-state index < -0.39 is 0 Å². The van der Waals surface area contributed by atoms with Gasteiger partial charge in [-0.25, -0.2) is 4.79 Å². The summed E-state index contributed by atoms with van der Waals surface area (Å²) in [5, 5.41) is 3.04. The molecule has 1 atom stereocenters. The zero-order valence-electron chi connectivity index (χ0n) is 16.5. The number of ether oxygens (including phenoxy) is 1. The number of hydrogen-bond donors (Lipinski definition) is 1. The van der Waals surface area contributed by atoms with Gasteiger partial charge >= 0.3 is 5.69 Å². The fraction of sp³-hybridized carbons (Fsp3) is 0.600. The van der Waals surface area contributed by atoms with E-state index in [1.807, 2.05) is 31.2 Å². The molecular formula is C20H30N4O3.